The van der Waals surface area contributed by atoms with Crippen LogP contribution in [0.15, 0.2) is 19.6 Å². The van der Waals surface area contributed by atoms with E-state index in [0.29, 0.717) is 12.0 Å². The van der Waals surface area contributed by atoms with Gasteiger partial charge in [0.1, 0.15) is 5.76 Å². The van der Waals surface area contributed by atoms with Crippen molar-refractivity contribution in [3.63, 3.8) is 0 Å². The van der Waals surface area contributed by atoms with E-state index in [1.807, 2.05) is 6.07 Å². The first-order chi connectivity index (χ1) is 10.1. The zero-order valence-corrected chi connectivity index (χ0v) is 15.6. The molecule has 3 rings (SSSR count). The van der Waals surface area contributed by atoms with E-state index in [-0.39, 0.29) is 6.04 Å². The van der Waals surface area contributed by atoms with Gasteiger partial charge in [0.05, 0.1) is 10.5 Å². The molecule has 1 unspecified atom stereocenters. The van der Waals surface area contributed by atoms with E-state index in [1.54, 1.807) is 0 Å². The molecule has 2 heterocycles. The number of hydrogen-bond donors (Lipinski definition) is 1. The highest BCUT2D eigenvalue weighted by Crippen LogP contribution is 2.45. The molecule has 1 spiro atoms. The van der Waals surface area contributed by atoms with Gasteiger partial charge in [-0.15, -0.1) is 0 Å². The standard InChI is InChI=1S/C16H24Br2N2O/c17-12-10-14(21-15(12)18)13(11-19)20-8-6-16(7-9-20)4-2-1-3-5-16/h10,13H,1-9,11,19H2. The summed E-state index contributed by atoms with van der Waals surface area (Å²) < 4.78 is 7.54. The molecule has 1 aliphatic heterocycles. The summed E-state index contributed by atoms with van der Waals surface area (Å²) >= 11 is 6.92. The zero-order chi connectivity index (χ0) is 14.9. The van der Waals surface area contributed by atoms with Crippen LogP contribution in [-0.2, 0) is 0 Å². The summed E-state index contributed by atoms with van der Waals surface area (Å²) in [6.45, 7) is 2.91. The molecule has 1 saturated heterocycles. The summed E-state index contributed by atoms with van der Waals surface area (Å²) in [6.07, 6.45) is 9.82. The molecular weight excluding hydrogens is 396 g/mol. The second-order valence-electron chi connectivity index (χ2n) is 6.62. The lowest BCUT2D eigenvalue weighted by Gasteiger charge is -2.46. The molecule has 1 atom stereocenters. The minimum absolute atomic E-state index is 0.202. The van der Waals surface area contributed by atoms with Crippen LogP contribution < -0.4 is 5.73 Å². The maximum absolute atomic E-state index is 6.03. The van der Waals surface area contributed by atoms with Crippen LogP contribution in [0.3, 0.4) is 0 Å². The van der Waals surface area contributed by atoms with Crippen molar-refractivity contribution in [2.45, 2.75) is 51.0 Å². The maximum Gasteiger partial charge on any atom is 0.183 e. The zero-order valence-electron chi connectivity index (χ0n) is 12.4. The Hall–Kier alpha value is 0.160. The largest absolute Gasteiger partial charge is 0.451 e. The molecule has 2 N–H and O–H groups in total. The SMILES string of the molecule is NCC(c1cc(Br)c(Br)o1)N1CCC2(CCCCC2)CC1. The highest BCUT2D eigenvalue weighted by Gasteiger charge is 2.37. The normalized spacial score (nSPS) is 24.3. The van der Waals surface area contributed by atoms with Crippen LogP contribution in [-0.4, -0.2) is 24.5 Å². The molecule has 2 aliphatic rings. The van der Waals surface area contributed by atoms with Crippen molar-refractivity contribution in [1.29, 1.82) is 0 Å². The number of furan rings is 1. The third-order valence-corrected chi connectivity index (χ3v) is 7.14. The minimum Gasteiger partial charge on any atom is -0.451 e. The third-order valence-electron chi connectivity index (χ3n) is 5.43. The molecule has 0 amide bonds. The molecule has 1 aromatic rings. The van der Waals surface area contributed by atoms with E-state index in [9.17, 15) is 0 Å². The molecule has 3 nitrogen and oxygen atoms in total. The summed E-state index contributed by atoms with van der Waals surface area (Å²) in [7, 11) is 0. The van der Waals surface area contributed by atoms with Gasteiger partial charge in [-0.1, -0.05) is 19.3 Å². The van der Waals surface area contributed by atoms with Gasteiger partial charge in [-0.3, -0.25) is 4.90 Å². The summed E-state index contributed by atoms with van der Waals surface area (Å²) in [5.74, 6) is 0.968. The summed E-state index contributed by atoms with van der Waals surface area (Å²) in [4.78, 5) is 2.51. The smallest absolute Gasteiger partial charge is 0.183 e. The second-order valence-corrected chi connectivity index (χ2v) is 8.19. The van der Waals surface area contributed by atoms with Crippen molar-refractivity contribution in [3.05, 3.63) is 21.0 Å². The van der Waals surface area contributed by atoms with Crippen LogP contribution in [0.25, 0.3) is 0 Å². The Morgan fingerprint density at radius 3 is 2.33 bits per heavy atom. The van der Waals surface area contributed by atoms with Crippen LogP contribution in [0, 0.1) is 5.41 Å². The first-order valence-corrected chi connectivity index (χ1v) is 9.61. The molecule has 118 valence electrons. The number of nitrogens with two attached hydrogens (primary N) is 1. The number of nitrogens with zero attached hydrogens (tertiary/aromatic N) is 1. The van der Waals surface area contributed by atoms with Gasteiger partial charge < -0.3 is 10.2 Å². The molecule has 0 bridgehead atoms. The van der Waals surface area contributed by atoms with Gasteiger partial charge in [-0.25, -0.2) is 0 Å². The van der Waals surface area contributed by atoms with E-state index in [4.69, 9.17) is 10.2 Å². The Balaban J connectivity index is 1.66. The van der Waals surface area contributed by atoms with Crippen LogP contribution in [0.1, 0.15) is 56.7 Å². The molecule has 1 aliphatic carbocycles. The van der Waals surface area contributed by atoms with E-state index in [2.05, 4.69) is 36.8 Å². The predicted molar refractivity (Wildman–Crippen MR) is 92.2 cm³/mol. The first-order valence-electron chi connectivity index (χ1n) is 8.02. The van der Waals surface area contributed by atoms with Gasteiger partial charge in [-0.2, -0.15) is 0 Å². The van der Waals surface area contributed by atoms with Crippen LogP contribution in [0.2, 0.25) is 0 Å². The lowest BCUT2D eigenvalue weighted by molar-refractivity contribution is 0.0410. The minimum atomic E-state index is 0.202. The predicted octanol–water partition coefficient (Wildman–Crippen LogP) is 4.85. The number of piperidine rings is 1. The van der Waals surface area contributed by atoms with Crippen molar-refractivity contribution >= 4 is 31.9 Å². The molecule has 1 saturated carbocycles. The molecule has 0 aromatic carbocycles. The molecule has 2 fully saturated rings. The average molecular weight is 420 g/mol. The van der Waals surface area contributed by atoms with E-state index in [1.165, 1.54) is 44.9 Å². The molecular formula is C16H24Br2N2O. The highest BCUT2D eigenvalue weighted by atomic mass is 79.9. The molecule has 5 heteroatoms. The number of rotatable bonds is 3. The molecule has 21 heavy (non-hydrogen) atoms. The summed E-state index contributed by atoms with van der Waals surface area (Å²) in [5, 5.41) is 0. The van der Waals surface area contributed by atoms with Crippen molar-refractivity contribution in [3.8, 4) is 0 Å². The van der Waals surface area contributed by atoms with E-state index >= 15 is 0 Å². The number of hydrogen-bond acceptors (Lipinski definition) is 3. The summed E-state index contributed by atoms with van der Waals surface area (Å²) in [5.41, 5.74) is 6.67. The molecule has 0 radical (unpaired) electrons. The monoisotopic (exact) mass is 418 g/mol. The van der Waals surface area contributed by atoms with Gasteiger partial charge in [0.2, 0.25) is 0 Å². The van der Waals surface area contributed by atoms with Gasteiger partial charge in [-0.05, 0) is 82.1 Å². The fourth-order valence-corrected chi connectivity index (χ4v) is 4.69. The van der Waals surface area contributed by atoms with Gasteiger partial charge in [0.25, 0.3) is 0 Å². The lowest BCUT2D eigenvalue weighted by atomic mass is 9.68. The first kappa shape index (κ1) is 16.0. The third kappa shape index (κ3) is 3.41. The fraction of sp³-hybridized carbons (Fsp3) is 0.750. The number of halogens is 2. The van der Waals surface area contributed by atoms with Crippen molar-refractivity contribution < 1.29 is 4.42 Å². The Kier molecular flexibility index (Phi) is 5.14. The maximum atomic E-state index is 6.03. The highest BCUT2D eigenvalue weighted by molar-refractivity contribution is 9.13. The van der Waals surface area contributed by atoms with Gasteiger partial charge >= 0.3 is 0 Å². The average Bonchev–Trinajstić information content (AvgIpc) is 2.82. The van der Waals surface area contributed by atoms with Gasteiger partial charge in [0.15, 0.2) is 4.67 Å². The van der Waals surface area contributed by atoms with Crippen LogP contribution in [0.5, 0.6) is 0 Å². The van der Waals surface area contributed by atoms with Crippen LogP contribution in [0.4, 0.5) is 0 Å². The Bertz CT molecular complexity index is 453. The number of likely N-dealkylation sites (tertiary alicyclic amines) is 1. The lowest BCUT2D eigenvalue weighted by Crippen LogP contribution is -2.44. The fourth-order valence-electron chi connectivity index (χ4n) is 4.08. The Morgan fingerprint density at radius 2 is 1.81 bits per heavy atom. The van der Waals surface area contributed by atoms with Crippen molar-refractivity contribution in [2.75, 3.05) is 19.6 Å². The second kappa shape index (κ2) is 6.73. The van der Waals surface area contributed by atoms with Crippen molar-refractivity contribution in [1.82, 2.24) is 4.90 Å². The van der Waals surface area contributed by atoms with Gasteiger partial charge in [0, 0.05) is 6.54 Å². The topological polar surface area (TPSA) is 42.4 Å². The molecule has 1 aromatic heterocycles. The Morgan fingerprint density at radius 1 is 1.14 bits per heavy atom. The van der Waals surface area contributed by atoms with Crippen molar-refractivity contribution in [2.24, 2.45) is 11.1 Å². The van der Waals surface area contributed by atoms with E-state index < -0.39 is 0 Å². The Labute approximate surface area is 143 Å². The quantitative estimate of drug-likeness (QED) is 0.761. The van der Waals surface area contributed by atoms with E-state index in [0.717, 1.165) is 28.0 Å². The van der Waals surface area contributed by atoms with Crippen LogP contribution >= 0.6 is 31.9 Å². The summed E-state index contributed by atoms with van der Waals surface area (Å²) in [6, 6.07) is 2.25.